The SMILES string of the molecule is CCOc1ccc(/C(O)=C2\C(=O)C(=O)N(c3nccs3)C2c2ccc(OCCC(C)C)c(OCC)c2)cc1. The molecule has 2 heterocycles. The highest BCUT2D eigenvalue weighted by Crippen LogP contribution is 2.44. The van der Waals surface area contributed by atoms with Crippen LogP contribution in [0.1, 0.15) is 51.3 Å². The Balaban J connectivity index is 1.81. The number of benzene rings is 2. The molecular weight excluding hydrogens is 504 g/mol. The molecule has 0 saturated carbocycles. The van der Waals surface area contributed by atoms with Crippen molar-refractivity contribution in [3.05, 3.63) is 70.7 Å². The lowest BCUT2D eigenvalue weighted by Gasteiger charge is -2.24. The van der Waals surface area contributed by atoms with Crippen LogP contribution in [-0.4, -0.2) is 41.6 Å². The van der Waals surface area contributed by atoms with Gasteiger partial charge in [0, 0.05) is 17.1 Å². The van der Waals surface area contributed by atoms with Gasteiger partial charge in [0.2, 0.25) is 0 Å². The van der Waals surface area contributed by atoms with E-state index in [1.807, 2.05) is 13.8 Å². The Hall–Kier alpha value is -3.85. The van der Waals surface area contributed by atoms with Crippen LogP contribution in [0.15, 0.2) is 59.6 Å². The van der Waals surface area contributed by atoms with Gasteiger partial charge in [0.05, 0.1) is 31.4 Å². The molecule has 0 spiro atoms. The predicted molar refractivity (Wildman–Crippen MR) is 147 cm³/mol. The molecule has 1 amide bonds. The summed E-state index contributed by atoms with van der Waals surface area (Å²) < 4.78 is 17.3. The van der Waals surface area contributed by atoms with E-state index in [0.717, 1.165) is 6.42 Å². The molecule has 200 valence electrons. The van der Waals surface area contributed by atoms with E-state index < -0.39 is 17.7 Å². The average Bonchev–Trinajstić information content (AvgIpc) is 3.52. The van der Waals surface area contributed by atoms with Crippen molar-refractivity contribution in [2.24, 2.45) is 5.92 Å². The standard InChI is InChI=1S/C29H32N2O6S/c1-5-35-21-10-7-19(8-11-21)26(32)24-25(31(28(34)27(24)33)29-30-14-16-38-29)20-9-12-22(23(17-20)36-6-2)37-15-13-18(3)4/h7-12,14,16-18,25,32H,5-6,13,15H2,1-4H3/b26-24+. The highest BCUT2D eigenvalue weighted by Gasteiger charge is 2.48. The maximum atomic E-state index is 13.3. The number of carbonyl (C=O) groups excluding carboxylic acids is 2. The number of aliphatic hydroxyl groups is 1. The third kappa shape index (κ3) is 5.67. The van der Waals surface area contributed by atoms with Crippen molar-refractivity contribution in [1.82, 2.24) is 4.98 Å². The molecule has 3 aromatic rings. The second-order valence-electron chi connectivity index (χ2n) is 9.11. The Labute approximate surface area is 226 Å². The number of ether oxygens (including phenoxy) is 3. The van der Waals surface area contributed by atoms with Crippen molar-refractivity contribution >= 4 is 33.9 Å². The number of hydrogen-bond acceptors (Lipinski definition) is 8. The van der Waals surface area contributed by atoms with Gasteiger partial charge in [0.15, 0.2) is 16.6 Å². The summed E-state index contributed by atoms with van der Waals surface area (Å²) in [7, 11) is 0. The Kier molecular flexibility index (Phi) is 8.68. The molecule has 1 unspecified atom stereocenters. The van der Waals surface area contributed by atoms with E-state index in [1.165, 1.54) is 16.2 Å². The minimum Gasteiger partial charge on any atom is -0.507 e. The number of amides is 1. The van der Waals surface area contributed by atoms with Crippen LogP contribution in [0.3, 0.4) is 0 Å². The summed E-state index contributed by atoms with van der Waals surface area (Å²) in [5.41, 5.74) is 0.964. The molecule has 1 aromatic heterocycles. The van der Waals surface area contributed by atoms with Gasteiger partial charge >= 0.3 is 5.91 Å². The Morgan fingerprint density at radius 2 is 1.76 bits per heavy atom. The van der Waals surface area contributed by atoms with Crippen molar-refractivity contribution in [2.45, 2.75) is 40.2 Å². The lowest BCUT2D eigenvalue weighted by molar-refractivity contribution is -0.132. The number of hydrogen-bond donors (Lipinski definition) is 1. The summed E-state index contributed by atoms with van der Waals surface area (Å²) in [6.07, 6.45) is 2.46. The molecule has 0 bridgehead atoms. The first-order chi connectivity index (χ1) is 18.3. The molecule has 0 aliphatic carbocycles. The third-order valence-corrected chi connectivity index (χ3v) is 6.82. The number of thiazole rings is 1. The van der Waals surface area contributed by atoms with Crippen LogP contribution in [0, 0.1) is 5.92 Å². The number of aromatic nitrogens is 1. The fraction of sp³-hybridized carbons (Fsp3) is 0.345. The smallest absolute Gasteiger partial charge is 0.301 e. The van der Waals surface area contributed by atoms with Crippen molar-refractivity contribution in [1.29, 1.82) is 0 Å². The highest BCUT2D eigenvalue weighted by molar-refractivity contribution is 7.14. The number of carbonyl (C=O) groups is 2. The largest absolute Gasteiger partial charge is 0.507 e. The predicted octanol–water partition coefficient (Wildman–Crippen LogP) is 5.99. The van der Waals surface area contributed by atoms with Crippen molar-refractivity contribution in [3.8, 4) is 17.2 Å². The summed E-state index contributed by atoms with van der Waals surface area (Å²) >= 11 is 1.24. The van der Waals surface area contributed by atoms with Crippen molar-refractivity contribution in [2.75, 3.05) is 24.7 Å². The van der Waals surface area contributed by atoms with Crippen LogP contribution in [0.25, 0.3) is 5.76 Å². The number of ketones is 1. The quantitative estimate of drug-likeness (QED) is 0.183. The first kappa shape index (κ1) is 27.2. The number of aliphatic hydroxyl groups excluding tert-OH is 1. The monoisotopic (exact) mass is 536 g/mol. The van der Waals surface area contributed by atoms with Gasteiger partial charge in [-0.15, -0.1) is 11.3 Å². The minimum absolute atomic E-state index is 0.0229. The number of nitrogens with zero attached hydrogens (tertiary/aromatic N) is 2. The third-order valence-electron chi connectivity index (χ3n) is 6.04. The zero-order chi connectivity index (χ0) is 27.2. The normalized spacial score (nSPS) is 16.8. The lowest BCUT2D eigenvalue weighted by atomic mass is 9.95. The molecule has 9 heteroatoms. The van der Waals surface area contributed by atoms with E-state index in [-0.39, 0.29) is 11.3 Å². The lowest BCUT2D eigenvalue weighted by Crippen LogP contribution is -2.29. The molecule has 2 aromatic carbocycles. The van der Waals surface area contributed by atoms with Crippen LogP contribution < -0.4 is 19.1 Å². The maximum absolute atomic E-state index is 13.3. The molecule has 38 heavy (non-hydrogen) atoms. The molecule has 1 N–H and O–H groups in total. The second-order valence-corrected chi connectivity index (χ2v) is 9.98. The summed E-state index contributed by atoms with van der Waals surface area (Å²) in [5, 5.41) is 13.4. The number of rotatable bonds is 11. The van der Waals surface area contributed by atoms with Crippen molar-refractivity contribution in [3.63, 3.8) is 0 Å². The molecule has 8 nitrogen and oxygen atoms in total. The summed E-state index contributed by atoms with van der Waals surface area (Å²) in [6.45, 7) is 9.45. The Bertz CT molecular complexity index is 1300. The maximum Gasteiger partial charge on any atom is 0.301 e. The molecule has 1 atom stereocenters. The summed E-state index contributed by atoms with van der Waals surface area (Å²) in [4.78, 5) is 32.2. The fourth-order valence-corrected chi connectivity index (χ4v) is 4.87. The van der Waals surface area contributed by atoms with Gasteiger partial charge in [-0.05, 0) is 68.1 Å². The molecule has 1 aliphatic rings. The molecule has 4 rings (SSSR count). The summed E-state index contributed by atoms with van der Waals surface area (Å²) in [6, 6.07) is 11.2. The molecular formula is C29H32N2O6S. The zero-order valence-corrected chi connectivity index (χ0v) is 22.8. The van der Waals surface area contributed by atoms with Gasteiger partial charge in [0.25, 0.3) is 5.78 Å². The zero-order valence-electron chi connectivity index (χ0n) is 22.0. The first-order valence-corrected chi connectivity index (χ1v) is 13.6. The highest BCUT2D eigenvalue weighted by atomic mass is 32.1. The van der Waals surface area contributed by atoms with E-state index in [4.69, 9.17) is 14.2 Å². The number of anilines is 1. The van der Waals surface area contributed by atoms with Crippen LogP contribution in [0.4, 0.5) is 5.13 Å². The van der Waals surface area contributed by atoms with E-state index in [9.17, 15) is 14.7 Å². The second kappa shape index (κ2) is 12.1. The molecule has 1 fully saturated rings. The molecule has 1 saturated heterocycles. The van der Waals surface area contributed by atoms with Crippen LogP contribution in [0.2, 0.25) is 0 Å². The Morgan fingerprint density at radius 1 is 1.03 bits per heavy atom. The van der Waals surface area contributed by atoms with E-state index >= 15 is 0 Å². The average molecular weight is 537 g/mol. The first-order valence-electron chi connectivity index (χ1n) is 12.7. The van der Waals surface area contributed by atoms with Gasteiger partial charge < -0.3 is 19.3 Å². The van der Waals surface area contributed by atoms with Gasteiger partial charge in [-0.2, -0.15) is 0 Å². The summed E-state index contributed by atoms with van der Waals surface area (Å²) in [5.74, 6) is 0.391. The van der Waals surface area contributed by atoms with Crippen LogP contribution >= 0.6 is 11.3 Å². The van der Waals surface area contributed by atoms with E-state index in [1.54, 1.807) is 54.0 Å². The Morgan fingerprint density at radius 3 is 2.39 bits per heavy atom. The molecule has 1 aliphatic heterocycles. The van der Waals surface area contributed by atoms with Gasteiger partial charge in [-0.25, -0.2) is 4.98 Å². The van der Waals surface area contributed by atoms with Gasteiger partial charge in [-0.3, -0.25) is 14.5 Å². The van der Waals surface area contributed by atoms with Crippen molar-refractivity contribution < 1.29 is 28.9 Å². The number of Topliss-reactive ketones (excluding diaryl/α,β-unsaturated/α-hetero) is 1. The van der Waals surface area contributed by atoms with Crippen LogP contribution in [0.5, 0.6) is 17.2 Å². The fourth-order valence-electron chi connectivity index (χ4n) is 4.20. The van der Waals surface area contributed by atoms with E-state index in [2.05, 4.69) is 18.8 Å². The molecule has 0 radical (unpaired) electrons. The van der Waals surface area contributed by atoms with E-state index in [0.29, 0.717) is 59.2 Å². The van der Waals surface area contributed by atoms with Gasteiger partial charge in [-0.1, -0.05) is 19.9 Å². The van der Waals surface area contributed by atoms with Gasteiger partial charge in [0.1, 0.15) is 11.5 Å². The van der Waals surface area contributed by atoms with Crippen LogP contribution in [-0.2, 0) is 9.59 Å². The minimum atomic E-state index is -0.906. The topological polar surface area (TPSA) is 98.2 Å².